The van der Waals surface area contributed by atoms with Crippen molar-refractivity contribution in [3.8, 4) is 6.07 Å². The van der Waals surface area contributed by atoms with Crippen LogP contribution in [-0.2, 0) is 10.9 Å². The molecule has 0 saturated carbocycles. The number of aryl methyl sites for hydroxylation is 1. The van der Waals surface area contributed by atoms with Crippen LogP contribution in [0.25, 0.3) is 0 Å². The maximum Gasteiger partial charge on any atom is 0.417 e. The predicted octanol–water partition coefficient (Wildman–Crippen LogP) is 4.29. The van der Waals surface area contributed by atoms with E-state index in [9.17, 15) is 18.0 Å². The topological polar surface area (TPSA) is 69.5 Å². The van der Waals surface area contributed by atoms with Gasteiger partial charge in [-0.25, -0.2) is 0 Å². The Hall–Kier alpha value is -3.12. The summed E-state index contributed by atoms with van der Waals surface area (Å²) < 4.78 is 46.4. The van der Waals surface area contributed by atoms with Crippen molar-refractivity contribution in [1.29, 1.82) is 5.26 Å². The van der Waals surface area contributed by atoms with Crippen molar-refractivity contribution in [1.82, 2.24) is 9.88 Å². The Morgan fingerprint density at radius 2 is 2.12 bits per heavy atom. The fraction of sp³-hybridized carbons (Fsp3) is 0.480. The largest absolute Gasteiger partial charge is 0.417 e. The highest BCUT2D eigenvalue weighted by Gasteiger charge is 2.50. The summed E-state index contributed by atoms with van der Waals surface area (Å²) in [6.07, 6.45) is -0.684. The normalized spacial score (nSPS) is 22.4. The molecule has 0 spiro atoms. The zero-order chi connectivity index (χ0) is 24.5. The van der Waals surface area contributed by atoms with E-state index in [1.807, 2.05) is 23.6 Å². The van der Waals surface area contributed by atoms with E-state index in [1.165, 1.54) is 6.07 Å². The summed E-state index contributed by atoms with van der Waals surface area (Å²) in [4.78, 5) is 21.0. The van der Waals surface area contributed by atoms with Gasteiger partial charge < -0.3 is 14.5 Å². The standard InChI is InChI=1S/C25H27F3N4O2/c1-3-34-16-24-7-9-31(23(33)21-12-30-8-6-17(21)2)13-19(24)14-32(15-24)20-5-4-18(11-29)22(10-20)25(26,27)28/h4-6,8,10,12,19H,3,7,9,13-16H2,1-2H3. The molecule has 1 aromatic heterocycles. The Balaban J connectivity index is 1.61. The van der Waals surface area contributed by atoms with Crippen molar-refractivity contribution in [3.05, 3.63) is 58.9 Å². The highest BCUT2D eigenvalue weighted by atomic mass is 19.4. The van der Waals surface area contributed by atoms with Crippen LogP contribution in [0, 0.1) is 29.6 Å². The van der Waals surface area contributed by atoms with Crippen molar-refractivity contribution >= 4 is 11.6 Å². The number of carbonyl (C=O) groups excluding carboxylic acids is 1. The minimum Gasteiger partial charge on any atom is -0.381 e. The second-order valence-electron chi connectivity index (χ2n) is 9.11. The monoisotopic (exact) mass is 472 g/mol. The number of aromatic nitrogens is 1. The number of hydrogen-bond donors (Lipinski definition) is 0. The first kappa shape index (κ1) is 24.0. The Morgan fingerprint density at radius 3 is 2.79 bits per heavy atom. The maximum absolute atomic E-state index is 13.5. The van der Waals surface area contributed by atoms with E-state index < -0.39 is 11.7 Å². The van der Waals surface area contributed by atoms with Gasteiger partial charge in [0.15, 0.2) is 0 Å². The molecule has 34 heavy (non-hydrogen) atoms. The molecule has 2 aliphatic rings. The van der Waals surface area contributed by atoms with Crippen LogP contribution >= 0.6 is 0 Å². The van der Waals surface area contributed by atoms with Crippen molar-refractivity contribution in [2.75, 3.05) is 44.3 Å². The molecular formula is C25H27F3N4O2. The van der Waals surface area contributed by atoms with E-state index in [-0.39, 0.29) is 22.8 Å². The van der Waals surface area contributed by atoms with Gasteiger partial charge in [-0.15, -0.1) is 0 Å². The summed E-state index contributed by atoms with van der Waals surface area (Å²) >= 11 is 0. The summed E-state index contributed by atoms with van der Waals surface area (Å²) in [5, 5.41) is 9.12. The van der Waals surface area contributed by atoms with Crippen molar-refractivity contribution in [3.63, 3.8) is 0 Å². The van der Waals surface area contributed by atoms with Gasteiger partial charge in [0.05, 0.1) is 29.4 Å². The van der Waals surface area contributed by atoms with E-state index >= 15 is 0 Å². The van der Waals surface area contributed by atoms with Crippen LogP contribution in [0.3, 0.4) is 0 Å². The second kappa shape index (κ2) is 9.26. The van der Waals surface area contributed by atoms with Gasteiger partial charge in [-0.05, 0) is 50.1 Å². The van der Waals surface area contributed by atoms with E-state index in [1.54, 1.807) is 30.6 Å². The van der Waals surface area contributed by atoms with E-state index in [0.717, 1.165) is 11.6 Å². The van der Waals surface area contributed by atoms with E-state index in [0.29, 0.717) is 57.1 Å². The number of anilines is 1. The molecule has 2 atom stereocenters. The zero-order valence-corrected chi connectivity index (χ0v) is 19.2. The van der Waals surface area contributed by atoms with Crippen LogP contribution in [0.5, 0.6) is 0 Å². The lowest BCUT2D eigenvalue weighted by Crippen LogP contribution is -2.51. The maximum atomic E-state index is 13.5. The van der Waals surface area contributed by atoms with Gasteiger partial charge in [0.1, 0.15) is 0 Å². The number of nitriles is 1. The van der Waals surface area contributed by atoms with Crippen LogP contribution in [0.15, 0.2) is 36.7 Å². The number of carbonyl (C=O) groups is 1. The molecule has 0 N–H and O–H groups in total. The molecule has 4 rings (SSSR count). The minimum atomic E-state index is -4.61. The molecule has 1 aromatic carbocycles. The quantitative estimate of drug-likeness (QED) is 0.650. The van der Waals surface area contributed by atoms with Gasteiger partial charge in [-0.2, -0.15) is 18.4 Å². The lowest BCUT2D eigenvalue weighted by Gasteiger charge is -2.43. The van der Waals surface area contributed by atoms with Gasteiger partial charge in [0.2, 0.25) is 0 Å². The smallest absolute Gasteiger partial charge is 0.381 e. The first-order valence-corrected chi connectivity index (χ1v) is 11.3. The van der Waals surface area contributed by atoms with Crippen molar-refractivity contribution < 1.29 is 22.7 Å². The number of fused-ring (bicyclic) bond motifs is 1. The van der Waals surface area contributed by atoms with Gasteiger partial charge >= 0.3 is 6.18 Å². The third-order valence-corrected chi connectivity index (χ3v) is 7.08. The molecule has 2 unspecified atom stereocenters. The molecule has 2 aromatic rings. The van der Waals surface area contributed by atoms with Gasteiger partial charge in [0.25, 0.3) is 5.91 Å². The number of piperidine rings is 1. The lowest BCUT2D eigenvalue weighted by molar-refractivity contribution is -0.137. The molecule has 2 aliphatic heterocycles. The molecule has 6 nitrogen and oxygen atoms in total. The average Bonchev–Trinajstić information content (AvgIpc) is 3.20. The number of rotatable bonds is 5. The number of hydrogen-bond acceptors (Lipinski definition) is 5. The summed E-state index contributed by atoms with van der Waals surface area (Å²) in [6, 6.07) is 7.30. The fourth-order valence-electron chi connectivity index (χ4n) is 5.12. The molecule has 0 aliphatic carbocycles. The minimum absolute atomic E-state index is 0.0405. The number of nitrogens with zero attached hydrogens (tertiary/aromatic N) is 4. The summed E-state index contributed by atoms with van der Waals surface area (Å²) in [6.45, 7) is 6.91. The third kappa shape index (κ3) is 4.47. The Morgan fingerprint density at radius 1 is 1.32 bits per heavy atom. The highest BCUT2D eigenvalue weighted by molar-refractivity contribution is 5.95. The lowest BCUT2D eigenvalue weighted by atomic mass is 9.73. The average molecular weight is 473 g/mol. The predicted molar refractivity (Wildman–Crippen MR) is 120 cm³/mol. The number of likely N-dealkylation sites (tertiary alicyclic amines) is 1. The SMILES string of the molecule is CCOCC12CCN(C(=O)c3cnccc3C)CC1CN(c1ccc(C#N)c(C(F)(F)F)c1)C2. The van der Waals surface area contributed by atoms with Crippen LogP contribution in [0.2, 0.25) is 0 Å². The van der Waals surface area contributed by atoms with Gasteiger partial charge in [-0.3, -0.25) is 9.78 Å². The fourth-order valence-corrected chi connectivity index (χ4v) is 5.12. The molecule has 0 bridgehead atoms. The Kier molecular flexibility index (Phi) is 6.54. The number of amides is 1. The second-order valence-corrected chi connectivity index (χ2v) is 9.11. The van der Waals surface area contributed by atoms with Crippen LogP contribution in [0.4, 0.5) is 18.9 Å². The molecular weight excluding hydrogens is 445 g/mol. The van der Waals surface area contributed by atoms with E-state index in [2.05, 4.69) is 4.98 Å². The van der Waals surface area contributed by atoms with E-state index in [4.69, 9.17) is 10.00 Å². The molecule has 2 fully saturated rings. The third-order valence-electron chi connectivity index (χ3n) is 7.08. The first-order valence-electron chi connectivity index (χ1n) is 11.3. The Labute approximate surface area is 196 Å². The first-order chi connectivity index (χ1) is 16.2. The number of alkyl halides is 3. The summed E-state index contributed by atoms with van der Waals surface area (Å²) in [5.41, 5.74) is 0.277. The summed E-state index contributed by atoms with van der Waals surface area (Å²) in [7, 11) is 0. The highest BCUT2D eigenvalue weighted by Crippen LogP contribution is 2.46. The zero-order valence-electron chi connectivity index (χ0n) is 19.2. The molecule has 9 heteroatoms. The summed E-state index contributed by atoms with van der Waals surface area (Å²) in [5.74, 6) is -0.0366. The van der Waals surface area contributed by atoms with Crippen molar-refractivity contribution in [2.45, 2.75) is 26.4 Å². The van der Waals surface area contributed by atoms with Crippen LogP contribution in [-0.4, -0.2) is 55.2 Å². The van der Waals surface area contributed by atoms with Crippen LogP contribution < -0.4 is 4.90 Å². The number of benzene rings is 1. The molecule has 2 saturated heterocycles. The molecule has 0 radical (unpaired) electrons. The van der Waals surface area contributed by atoms with Crippen molar-refractivity contribution in [2.24, 2.45) is 11.3 Å². The number of halogens is 3. The molecule has 3 heterocycles. The van der Waals surface area contributed by atoms with Gasteiger partial charge in [0, 0.05) is 62.2 Å². The van der Waals surface area contributed by atoms with Crippen LogP contribution in [0.1, 0.15) is 40.4 Å². The number of pyridine rings is 1. The Bertz CT molecular complexity index is 1110. The molecule has 180 valence electrons. The van der Waals surface area contributed by atoms with Gasteiger partial charge in [-0.1, -0.05) is 0 Å². The molecule has 1 amide bonds. The number of ether oxygens (including phenoxy) is 1.